The van der Waals surface area contributed by atoms with E-state index in [0.717, 1.165) is 48.5 Å². The number of para-hydroxylation sites is 1. The Labute approximate surface area is 207 Å². The van der Waals surface area contributed by atoms with E-state index >= 15 is 0 Å². The van der Waals surface area contributed by atoms with Crippen LogP contribution in [0.1, 0.15) is 44.0 Å². The molecule has 1 N–H and O–H groups in total. The predicted octanol–water partition coefficient (Wildman–Crippen LogP) is 3.53. The Kier molecular flexibility index (Phi) is 8.07. The van der Waals surface area contributed by atoms with Gasteiger partial charge >= 0.3 is 0 Å². The van der Waals surface area contributed by atoms with Crippen LogP contribution < -0.4 is 10.1 Å². The van der Waals surface area contributed by atoms with Crippen molar-refractivity contribution >= 4 is 27.0 Å². The first-order valence-corrected chi connectivity index (χ1v) is 13.8. The second-order valence-corrected chi connectivity index (χ2v) is 10.8. The van der Waals surface area contributed by atoms with Gasteiger partial charge in [0.05, 0.1) is 23.0 Å². The highest BCUT2D eigenvalue weighted by atomic mass is 32.2. The van der Waals surface area contributed by atoms with Crippen LogP contribution in [0.2, 0.25) is 0 Å². The first kappa shape index (κ1) is 25.2. The zero-order chi connectivity index (χ0) is 24.8. The van der Waals surface area contributed by atoms with Crippen LogP contribution in [-0.2, 0) is 34.2 Å². The monoisotopic (exact) mass is 498 g/mol. The van der Waals surface area contributed by atoms with Crippen molar-refractivity contribution in [2.75, 3.05) is 26.7 Å². The van der Waals surface area contributed by atoms with Crippen molar-refractivity contribution in [2.45, 2.75) is 56.9 Å². The molecule has 1 aliphatic rings. The number of amides is 1. The maximum absolute atomic E-state index is 13.0. The van der Waals surface area contributed by atoms with Gasteiger partial charge < -0.3 is 14.6 Å². The molecule has 1 aliphatic heterocycles. The van der Waals surface area contributed by atoms with Crippen LogP contribution in [0.3, 0.4) is 0 Å². The number of aromatic nitrogens is 2. The molecule has 1 fully saturated rings. The van der Waals surface area contributed by atoms with Crippen molar-refractivity contribution in [1.82, 2.24) is 19.2 Å². The second-order valence-electron chi connectivity index (χ2n) is 8.85. The largest absolute Gasteiger partial charge is 0.496 e. The number of imidazole rings is 1. The summed E-state index contributed by atoms with van der Waals surface area (Å²) in [6.45, 7) is 4.53. The summed E-state index contributed by atoms with van der Waals surface area (Å²) in [5, 5.41) is 2.98. The Morgan fingerprint density at radius 3 is 2.63 bits per heavy atom. The second kappa shape index (κ2) is 11.2. The fourth-order valence-electron chi connectivity index (χ4n) is 4.62. The van der Waals surface area contributed by atoms with Gasteiger partial charge in [0, 0.05) is 39.0 Å². The number of aryl methyl sites for hydroxylation is 2. The number of sulfonamides is 1. The SMILES string of the molecule is CCCn1c(CCC(=O)NCCc2ccccc2OC)nc2cc(S(=O)(=O)N3CCCC3)ccc21. The fourth-order valence-corrected chi connectivity index (χ4v) is 6.16. The third-order valence-corrected chi connectivity index (χ3v) is 8.33. The third kappa shape index (κ3) is 5.67. The third-order valence-electron chi connectivity index (χ3n) is 6.43. The van der Waals surface area contributed by atoms with Gasteiger partial charge in [0.15, 0.2) is 0 Å². The van der Waals surface area contributed by atoms with Crippen LogP contribution in [0, 0.1) is 0 Å². The topological polar surface area (TPSA) is 93.5 Å². The summed E-state index contributed by atoms with van der Waals surface area (Å²) in [6.07, 6.45) is 4.21. The van der Waals surface area contributed by atoms with Gasteiger partial charge in [-0.1, -0.05) is 25.1 Å². The molecule has 2 aromatic carbocycles. The molecule has 2 heterocycles. The molecule has 0 unspecified atom stereocenters. The Balaban J connectivity index is 1.43. The van der Waals surface area contributed by atoms with Crippen LogP contribution in [0.5, 0.6) is 5.75 Å². The molecule has 1 aromatic heterocycles. The fraction of sp³-hybridized carbons (Fsp3) is 0.462. The molecule has 0 aliphatic carbocycles. The summed E-state index contributed by atoms with van der Waals surface area (Å²) in [7, 11) is -1.86. The summed E-state index contributed by atoms with van der Waals surface area (Å²) >= 11 is 0. The first-order chi connectivity index (χ1) is 16.9. The molecule has 0 radical (unpaired) electrons. The minimum Gasteiger partial charge on any atom is -0.496 e. The minimum atomic E-state index is -3.50. The molecular formula is C26H34N4O4S. The van der Waals surface area contributed by atoms with E-state index < -0.39 is 10.0 Å². The molecule has 9 heteroatoms. The highest BCUT2D eigenvalue weighted by Gasteiger charge is 2.27. The van der Waals surface area contributed by atoms with Crippen LogP contribution >= 0.6 is 0 Å². The van der Waals surface area contributed by atoms with Gasteiger partial charge in [-0.3, -0.25) is 4.79 Å². The number of hydrogen-bond donors (Lipinski definition) is 1. The maximum Gasteiger partial charge on any atom is 0.243 e. The van der Waals surface area contributed by atoms with Gasteiger partial charge in [-0.05, 0) is 55.5 Å². The summed E-state index contributed by atoms with van der Waals surface area (Å²) < 4.78 is 35.0. The number of rotatable bonds is 11. The summed E-state index contributed by atoms with van der Waals surface area (Å²) in [6, 6.07) is 13.0. The molecule has 4 rings (SSSR count). The molecule has 1 amide bonds. The van der Waals surface area contributed by atoms with Crippen molar-refractivity contribution in [3.8, 4) is 5.75 Å². The van der Waals surface area contributed by atoms with Crippen LogP contribution in [0.25, 0.3) is 11.0 Å². The Bertz CT molecular complexity index is 1280. The number of fused-ring (bicyclic) bond motifs is 1. The number of carbonyl (C=O) groups excluding carboxylic acids is 1. The van der Waals surface area contributed by atoms with Gasteiger partial charge in [0.2, 0.25) is 15.9 Å². The van der Waals surface area contributed by atoms with Gasteiger partial charge in [0.1, 0.15) is 11.6 Å². The Morgan fingerprint density at radius 1 is 1.11 bits per heavy atom. The Morgan fingerprint density at radius 2 is 1.89 bits per heavy atom. The highest BCUT2D eigenvalue weighted by Crippen LogP contribution is 2.26. The number of hydrogen-bond acceptors (Lipinski definition) is 5. The van der Waals surface area contributed by atoms with Crippen molar-refractivity contribution in [1.29, 1.82) is 0 Å². The van der Waals surface area contributed by atoms with E-state index in [1.54, 1.807) is 23.5 Å². The highest BCUT2D eigenvalue weighted by molar-refractivity contribution is 7.89. The van der Waals surface area contributed by atoms with Gasteiger partial charge in [-0.15, -0.1) is 0 Å². The average Bonchev–Trinajstić information content (AvgIpc) is 3.52. The van der Waals surface area contributed by atoms with Gasteiger partial charge in [-0.2, -0.15) is 4.31 Å². The van der Waals surface area contributed by atoms with E-state index in [2.05, 4.69) is 16.8 Å². The number of ether oxygens (including phenoxy) is 1. The van der Waals surface area contributed by atoms with Crippen LogP contribution in [0.4, 0.5) is 0 Å². The lowest BCUT2D eigenvalue weighted by Gasteiger charge is -2.15. The minimum absolute atomic E-state index is 0.0349. The van der Waals surface area contributed by atoms with Crippen LogP contribution in [-0.4, -0.2) is 54.9 Å². The lowest BCUT2D eigenvalue weighted by Crippen LogP contribution is -2.27. The summed E-state index contributed by atoms with van der Waals surface area (Å²) in [5.74, 6) is 1.59. The van der Waals surface area contributed by atoms with Crippen molar-refractivity contribution in [2.24, 2.45) is 0 Å². The lowest BCUT2D eigenvalue weighted by molar-refractivity contribution is -0.121. The maximum atomic E-state index is 13.0. The van der Waals surface area contributed by atoms with Crippen molar-refractivity contribution in [3.63, 3.8) is 0 Å². The molecule has 0 atom stereocenters. The number of nitrogens with zero attached hydrogens (tertiary/aromatic N) is 3. The zero-order valence-corrected chi connectivity index (χ0v) is 21.3. The quantitative estimate of drug-likeness (QED) is 0.437. The van der Waals surface area contributed by atoms with E-state index in [0.29, 0.717) is 44.4 Å². The number of carbonyl (C=O) groups is 1. The number of nitrogens with one attached hydrogen (secondary N) is 1. The van der Waals surface area contributed by atoms with Crippen molar-refractivity contribution in [3.05, 3.63) is 53.9 Å². The van der Waals surface area contributed by atoms with E-state index in [9.17, 15) is 13.2 Å². The summed E-state index contributed by atoms with van der Waals surface area (Å²) in [4.78, 5) is 17.5. The van der Waals surface area contributed by atoms with E-state index in [1.165, 1.54) is 0 Å². The van der Waals surface area contributed by atoms with Crippen LogP contribution in [0.15, 0.2) is 47.4 Å². The van der Waals surface area contributed by atoms with Gasteiger partial charge in [-0.25, -0.2) is 13.4 Å². The molecule has 0 saturated carbocycles. The van der Waals surface area contributed by atoms with Crippen molar-refractivity contribution < 1.29 is 17.9 Å². The van der Waals surface area contributed by atoms with E-state index in [1.807, 2.05) is 30.3 Å². The molecular weight excluding hydrogens is 464 g/mol. The standard InChI is InChI=1S/C26H34N4O4S/c1-3-16-30-23-11-10-21(35(32,33)29-17-6-7-18-29)19-22(23)28-25(30)12-13-26(31)27-15-14-20-8-4-5-9-24(20)34-2/h4-5,8-11,19H,3,6-7,12-18H2,1-2H3,(H,27,31). The average molecular weight is 499 g/mol. The van der Waals surface area contributed by atoms with E-state index in [-0.39, 0.29) is 10.8 Å². The smallest absolute Gasteiger partial charge is 0.243 e. The van der Waals surface area contributed by atoms with E-state index in [4.69, 9.17) is 9.72 Å². The normalized spacial score (nSPS) is 14.5. The Hall–Kier alpha value is -2.91. The molecule has 0 spiro atoms. The molecule has 188 valence electrons. The summed E-state index contributed by atoms with van der Waals surface area (Å²) in [5.41, 5.74) is 2.61. The van der Waals surface area contributed by atoms with Gasteiger partial charge in [0.25, 0.3) is 0 Å². The molecule has 1 saturated heterocycles. The number of methoxy groups -OCH3 is 1. The molecule has 35 heavy (non-hydrogen) atoms. The molecule has 3 aromatic rings. The molecule has 8 nitrogen and oxygen atoms in total. The zero-order valence-electron chi connectivity index (χ0n) is 20.5. The lowest BCUT2D eigenvalue weighted by atomic mass is 10.1. The first-order valence-electron chi connectivity index (χ1n) is 12.3. The molecule has 0 bridgehead atoms. The predicted molar refractivity (Wildman–Crippen MR) is 136 cm³/mol. The number of benzene rings is 2.